The molecule has 0 unspecified atom stereocenters. The highest BCUT2D eigenvalue weighted by Crippen LogP contribution is 2.26. The van der Waals surface area contributed by atoms with E-state index in [9.17, 15) is 13.9 Å². The minimum Gasteiger partial charge on any atom is -0.394 e. The van der Waals surface area contributed by atoms with Gasteiger partial charge in [-0.05, 0) is 30.2 Å². The Balaban J connectivity index is 2.02. The largest absolute Gasteiger partial charge is 0.394 e. The third kappa shape index (κ3) is 4.58. The van der Waals surface area contributed by atoms with Crippen LogP contribution in [0.4, 0.5) is 26.2 Å². The Kier molecular flexibility index (Phi) is 6.10. The molecule has 28 heavy (non-hydrogen) atoms. The van der Waals surface area contributed by atoms with Gasteiger partial charge in [0.2, 0.25) is 5.95 Å². The highest BCUT2D eigenvalue weighted by Gasteiger charge is 2.16. The van der Waals surface area contributed by atoms with Gasteiger partial charge in [0.25, 0.3) is 0 Å². The van der Waals surface area contributed by atoms with Gasteiger partial charge in [0.1, 0.15) is 23.1 Å². The van der Waals surface area contributed by atoms with Crippen LogP contribution < -0.4 is 10.6 Å². The van der Waals surface area contributed by atoms with Crippen molar-refractivity contribution in [2.24, 2.45) is 5.92 Å². The van der Waals surface area contributed by atoms with E-state index >= 15 is 0 Å². The molecule has 0 fully saturated rings. The number of halogens is 2. The number of benzene rings is 1. The van der Waals surface area contributed by atoms with Crippen LogP contribution in [0, 0.1) is 17.6 Å². The van der Waals surface area contributed by atoms with Crippen molar-refractivity contribution in [2.45, 2.75) is 19.9 Å². The zero-order valence-corrected chi connectivity index (χ0v) is 15.5. The molecule has 1 atom stereocenters. The second kappa shape index (κ2) is 8.71. The van der Waals surface area contributed by atoms with Crippen LogP contribution in [0.15, 0.2) is 48.8 Å². The molecule has 0 spiro atoms. The van der Waals surface area contributed by atoms with Crippen LogP contribution in [0.3, 0.4) is 0 Å². The lowest BCUT2D eigenvalue weighted by molar-refractivity contribution is 0.248. The van der Waals surface area contributed by atoms with Gasteiger partial charge in [-0.3, -0.25) is 4.98 Å². The van der Waals surface area contributed by atoms with E-state index in [1.165, 1.54) is 6.07 Å². The summed E-state index contributed by atoms with van der Waals surface area (Å²) in [5.41, 5.74) is 0.937. The minimum atomic E-state index is -0.730. The summed E-state index contributed by atoms with van der Waals surface area (Å²) in [6.45, 7) is 3.79. The lowest BCUT2D eigenvalue weighted by Crippen LogP contribution is -2.30. The van der Waals surface area contributed by atoms with E-state index < -0.39 is 11.6 Å². The van der Waals surface area contributed by atoms with Crippen LogP contribution >= 0.6 is 0 Å². The number of nitrogens with zero attached hydrogens (tertiary/aromatic N) is 3. The summed E-state index contributed by atoms with van der Waals surface area (Å²) < 4.78 is 28.1. The second-order valence-electron chi connectivity index (χ2n) is 6.60. The van der Waals surface area contributed by atoms with Gasteiger partial charge in [-0.1, -0.05) is 19.9 Å². The highest BCUT2D eigenvalue weighted by atomic mass is 19.1. The number of aliphatic hydroxyl groups excluding tert-OH is 1. The zero-order valence-electron chi connectivity index (χ0n) is 15.5. The van der Waals surface area contributed by atoms with Crippen molar-refractivity contribution in [3.05, 3.63) is 60.4 Å². The van der Waals surface area contributed by atoms with Gasteiger partial charge in [0.05, 0.1) is 18.3 Å². The van der Waals surface area contributed by atoms with Crippen LogP contribution in [0.25, 0.3) is 11.3 Å². The third-order valence-corrected chi connectivity index (χ3v) is 4.22. The maximum atomic E-state index is 14.0. The van der Waals surface area contributed by atoms with Gasteiger partial charge in [-0.2, -0.15) is 4.98 Å². The SMILES string of the molecule is CC(C)[C@H](CO)Nc1nc(Nc2c(F)cccc2F)cc(-c2cccnc2)n1. The molecule has 3 rings (SSSR count). The normalized spacial score (nSPS) is 12.1. The Bertz CT molecular complexity index is 917. The summed E-state index contributed by atoms with van der Waals surface area (Å²) >= 11 is 0. The van der Waals surface area contributed by atoms with Crippen molar-refractivity contribution in [1.29, 1.82) is 0 Å². The van der Waals surface area contributed by atoms with Crippen LogP contribution in [0.5, 0.6) is 0 Å². The molecule has 1 aromatic carbocycles. The first-order chi connectivity index (χ1) is 13.5. The predicted octanol–water partition coefficient (Wildman–Crippen LogP) is 3.99. The molecule has 2 aromatic heterocycles. The summed E-state index contributed by atoms with van der Waals surface area (Å²) in [5, 5.41) is 15.3. The number of para-hydroxylation sites is 1. The van der Waals surface area contributed by atoms with Gasteiger partial charge in [-0.15, -0.1) is 0 Å². The Labute approximate surface area is 161 Å². The molecule has 0 saturated carbocycles. The van der Waals surface area contributed by atoms with Gasteiger partial charge < -0.3 is 15.7 Å². The topological polar surface area (TPSA) is 83.0 Å². The molecule has 3 aromatic rings. The molecule has 2 heterocycles. The summed E-state index contributed by atoms with van der Waals surface area (Å²) in [6, 6.07) is 8.50. The first-order valence-corrected chi connectivity index (χ1v) is 8.86. The van der Waals surface area contributed by atoms with Crippen molar-refractivity contribution < 1.29 is 13.9 Å². The molecule has 0 amide bonds. The fourth-order valence-electron chi connectivity index (χ4n) is 2.57. The lowest BCUT2D eigenvalue weighted by Gasteiger charge is -2.20. The van der Waals surface area contributed by atoms with Gasteiger partial charge in [0.15, 0.2) is 0 Å². The van der Waals surface area contributed by atoms with Crippen LogP contribution in [-0.4, -0.2) is 32.7 Å². The number of hydrogen-bond acceptors (Lipinski definition) is 6. The molecule has 0 aliphatic heterocycles. The van der Waals surface area contributed by atoms with E-state index in [2.05, 4.69) is 25.6 Å². The van der Waals surface area contributed by atoms with Crippen molar-refractivity contribution in [2.75, 3.05) is 17.2 Å². The Hall–Kier alpha value is -3.13. The van der Waals surface area contributed by atoms with Crippen LogP contribution in [0.1, 0.15) is 13.8 Å². The van der Waals surface area contributed by atoms with Crippen molar-refractivity contribution in [3.63, 3.8) is 0 Å². The molecule has 8 heteroatoms. The summed E-state index contributed by atoms with van der Waals surface area (Å²) in [5.74, 6) is -0.900. The highest BCUT2D eigenvalue weighted by molar-refractivity contribution is 5.67. The first kappa shape index (κ1) is 19.6. The Morgan fingerprint density at radius 3 is 2.43 bits per heavy atom. The molecule has 0 bridgehead atoms. The monoisotopic (exact) mass is 385 g/mol. The first-order valence-electron chi connectivity index (χ1n) is 8.86. The molecular formula is C20H21F2N5O. The molecular weight excluding hydrogens is 364 g/mol. The minimum absolute atomic E-state index is 0.108. The molecule has 146 valence electrons. The average molecular weight is 385 g/mol. The van der Waals surface area contributed by atoms with E-state index in [-0.39, 0.29) is 36.0 Å². The van der Waals surface area contributed by atoms with E-state index in [1.54, 1.807) is 24.5 Å². The van der Waals surface area contributed by atoms with Gasteiger partial charge in [-0.25, -0.2) is 13.8 Å². The van der Waals surface area contributed by atoms with E-state index in [0.29, 0.717) is 5.69 Å². The van der Waals surface area contributed by atoms with Crippen molar-refractivity contribution in [3.8, 4) is 11.3 Å². The zero-order chi connectivity index (χ0) is 20.1. The van der Waals surface area contributed by atoms with E-state index in [0.717, 1.165) is 17.7 Å². The lowest BCUT2D eigenvalue weighted by atomic mass is 10.1. The predicted molar refractivity (Wildman–Crippen MR) is 104 cm³/mol. The van der Waals surface area contributed by atoms with Crippen molar-refractivity contribution in [1.82, 2.24) is 15.0 Å². The molecule has 0 aliphatic rings. The maximum absolute atomic E-state index is 14.0. The summed E-state index contributed by atoms with van der Waals surface area (Å²) in [7, 11) is 0. The Morgan fingerprint density at radius 2 is 1.82 bits per heavy atom. The van der Waals surface area contributed by atoms with Crippen LogP contribution in [0.2, 0.25) is 0 Å². The number of nitrogens with one attached hydrogen (secondary N) is 2. The summed E-state index contributed by atoms with van der Waals surface area (Å²) in [6.07, 6.45) is 3.27. The maximum Gasteiger partial charge on any atom is 0.225 e. The quantitative estimate of drug-likeness (QED) is 0.570. The molecule has 0 saturated heterocycles. The molecule has 0 aliphatic carbocycles. The van der Waals surface area contributed by atoms with E-state index in [1.807, 2.05) is 19.9 Å². The number of aromatic nitrogens is 3. The number of hydrogen-bond donors (Lipinski definition) is 3. The number of pyridine rings is 1. The fraction of sp³-hybridized carbons (Fsp3) is 0.250. The number of anilines is 3. The Morgan fingerprint density at radius 1 is 1.07 bits per heavy atom. The fourth-order valence-corrected chi connectivity index (χ4v) is 2.57. The van der Waals surface area contributed by atoms with Crippen molar-refractivity contribution >= 4 is 17.5 Å². The van der Waals surface area contributed by atoms with E-state index in [4.69, 9.17) is 0 Å². The second-order valence-corrected chi connectivity index (χ2v) is 6.60. The number of aliphatic hydroxyl groups is 1. The third-order valence-electron chi connectivity index (χ3n) is 4.22. The molecule has 0 radical (unpaired) electrons. The van der Waals surface area contributed by atoms with Crippen LogP contribution in [-0.2, 0) is 0 Å². The molecule has 3 N–H and O–H groups in total. The standard InChI is InChI=1S/C20H21F2N5O/c1-12(2)17(11-28)25-20-24-16(13-5-4-8-23-10-13)9-18(27-20)26-19-14(21)6-3-7-15(19)22/h3-10,12,17,28H,11H2,1-2H3,(H2,24,25,26,27)/t17-/m0/s1. The molecule has 6 nitrogen and oxygen atoms in total. The van der Waals surface area contributed by atoms with Gasteiger partial charge in [0, 0.05) is 24.0 Å². The van der Waals surface area contributed by atoms with Gasteiger partial charge >= 0.3 is 0 Å². The summed E-state index contributed by atoms with van der Waals surface area (Å²) in [4.78, 5) is 12.8. The average Bonchev–Trinajstić information content (AvgIpc) is 2.69. The number of rotatable bonds is 7. The smallest absolute Gasteiger partial charge is 0.225 e.